The minimum atomic E-state index is -0.227. The number of nitrogens with zero attached hydrogens (tertiary/aromatic N) is 1. The molecular weight excluding hydrogens is 307 g/mol. The van der Waals surface area contributed by atoms with Crippen LogP contribution in [-0.4, -0.2) is 12.1 Å². The van der Waals surface area contributed by atoms with Gasteiger partial charge in [0, 0.05) is 27.5 Å². The number of anilines is 2. The summed E-state index contributed by atoms with van der Waals surface area (Å²) in [7, 11) is 0. The molecule has 0 atom stereocenters. The molecule has 21 heavy (non-hydrogen) atoms. The highest BCUT2D eigenvalue weighted by atomic mass is 35.5. The Morgan fingerprint density at radius 1 is 1.05 bits per heavy atom. The number of carbonyl (C=O) groups excluding carboxylic acids is 1. The second-order valence-electron chi connectivity index (χ2n) is 4.89. The molecule has 0 bridgehead atoms. The number of halogens is 2. The Bertz CT molecular complexity index is 609. The molecule has 110 valence electrons. The van der Waals surface area contributed by atoms with Crippen LogP contribution in [0.4, 0.5) is 16.2 Å². The monoisotopic (exact) mass is 322 g/mol. The molecule has 0 heterocycles. The summed E-state index contributed by atoms with van der Waals surface area (Å²) < 4.78 is 0. The molecule has 0 aromatic heterocycles. The molecule has 3 nitrogen and oxygen atoms in total. The lowest BCUT2D eigenvalue weighted by atomic mass is 10.2. The van der Waals surface area contributed by atoms with Gasteiger partial charge in [-0.1, -0.05) is 41.4 Å². The van der Waals surface area contributed by atoms with E-state index < -0.39 is 0 Å². The lowest BCUT2D eigenvalue weighted by molar-refractivity contribution is 0.255. The average Bonchev–Trinajstić information content (AvgIpc) is 2.38. The summed E-state index contributed by atoms with van der Waals surface area (Å²) in [5.41, 5.74) is 1.40. The summed E-state index contributed by atoms with van der Waals surface area (Å²) in [6.07, 6.45) is 0. The highest BCUT2D eigenvalue weighted by Gasteiger charge is 2.19. The molecule has 0 radical (unpaired) electrons. The Balaban J connectivity index is 2.24. The summed E-state index contributed by atoms with van der Waals surface area (Å²) in [6.45, 7) is 3.91. The van der Waals surface area contributed by atoms with Crippen molar-refractivity contribution in [2.24, 2.45) is 0 Å². The van der Waals surface area contributed by atoms with Gasteiger partial charge in [-0.3, -0.25) is 4.90 Å². The number of benzene rings is 2. The Hall–Kier alpha value is -1.71. The summed E-state index contributed by atoms with van der Waals surface area (Å²) in [4.78, 5) is 14.2. The Morgan fingerprint density at radius 3 is 2.14 bits per heavy atom. The second kappa shape index (κ2) is 6.83. The van der Waals surface area contributed by atoms with Gasteiger partial charge in [0.2, 0.25) is 0 Å². The Kier molecular flexibility index (Phi) is 5.10. The van der Waals surface area contributed by atoms with Gasteiger partial charge in [-0.2, -0.15) is 0 Å². The number of hydrogen-bond acceptors (Lipinski definition) is 1. The van der Waals surface area contributed by atoms with Crippen LogP contribution in [0, 0.1) is 0 Å². The van der Waals surface area contributed by atoms with Crippen LogP contribution < -0.4 is 10.2 Å². The smallest absolute Gasteiger partial charge is 0.307 e. The van der Waals surface area contributed by atoms with Crippen LogP contribution in [0.3, 0.4) is 0 Å². The third-order valence-electron chi connectivity index (χ3n) is 2.88. The average molecular weight is 323 g/mol. The minimum absolute atomic E-state index is 0.0158. The van der Waals surface area contributed by atoms with Gasteiger partial charge in [-0.15, -0.1) is 0 Å². The number of para-hydroxylation sites is 1. The molecule has 2 amide bonds. The van der Waals surface area contributed by atoms with E-state index in [9.17, 15) is 4.79 Å². The fraction of sp³-hybridized carbons (Fsp3) is 0.188. The van der Waals surface area contributed by atoms with Crippen molar-refractivity contribution in [3.05, 3.63) is 58.6 Å². The van der Waals surface area contributed by atoms with Crippen LogP contribution in [0.5, 0.6) is 0 Å². The number of amides is 2. The molecule has 0 fully saturated rings. The van der Waals surface area contributed by atoms with Gasteiger partial charge in [0.05, 0.1) is 0 Å². The molecule has 0 saturated heterocycles. The summed E-state index contributed by atoms with van der Waals surface area (Å²) >= 11 is 11.9. The van der Waals surface area contributed by atoms with E-state index in [-0.39, 0.29) is 12.1 Å². The van der Waals surface area contributed by atoms with Crippen LogP contribution in [0.2, 0.25) is 10.0 Å². The molecular formula is C16H16Cl2N2O. The molecule has 2 rings (SSSR count). The van der Waals surface area contributed by atoms with Gasteiger partial charge in [0.1, 0.15) is 0 Å². The molecule has 2 aromatic rings. The Morgan fingerprint density at radius 2 is 1.62 bits per heavy atom. The van der Waals surface area contributed by atoms with Crippen LogP contribution in [-0.2, 0) is 0 Å². The summed E-state index contributed by atoms with van der Waals surface area (Å²) in [5.74, 6) is 0. The maximum Gasteiger partial charge on any atom is 0.326 e. The van der Waals surface area contributed by atoms with E-state index in [1.54, 1.807) is 23.1 Å². The van der Waals surface area contributed by atoms with E-state index in [2.05, 4.69) is 5.32 Å². The number of nitrogens with one attached hydrogen (secondary N) is 1. The molecule has 1 N–H and O–H groups in total. The van der Waals surface area contributed by atoms with Gasteiger partial charge in [-0.05, 0) is 44.2 Å². The quantitative estimate of drug-likeness (QED) is 0.801. The highest BCUT2D eigenvalue weighted by molar-refractivity contribution is 6.35. The van der Waals surface area contributed by atoms with Crippen molar-refractivity contribution in [3.8, 4) is 0 Å². The fourth-order valence-corrected chi connectivity index (χ4v) is 2.57. The topological polar surface area (TPSA) is 32.3 Å². The van der Waals surface area contributed by atoms with E-state index >= 15 is 0 Å². The first-order chi connectivity index (χ1) is 9.97. The summed E-state index contributed by atoms with van der Waals surface area (Å²) in [5, 5.41) is 3.78. The zero-order valence-corrected chi connectivity index (χ0v) is 13.3. The SMILES string of the molecule is CC(C)N(C(=O)Nc1cc(Cl)cc(Cl)c1)c1ccccc1. The zero-order valence-electron chi connectivity index (χ0n) is 11.8. The van der Waals surface area contributed by atoms with Crippen LogP contribution >= 0.6 is 23.2 Å². The van der Waals surface area contributed by atoms with Crippen molar-refractivity contribution in [1.29, 1.82) is 0 Å². The molecule has 0 aliphatic carbocycles. The van der Waals surface area contributed by atoms with E-state index in [1.807, 2.05) is 44.2 Å². The summed E-state index contributed by atoms with van der Waals surface area (Å²) in [6, 6.07) is 14.2. The number of rotatable bonds is 3. The Labute approximate surface area is 134 Å². The highest BCUT2D eigenvalue weighted by Crippen LogP contribution is 2.24. The maximum absolute atomic E-state index is 12.5. The van der Waals surface area contributed by atoms with Gasteiger partial charge >= 0.3 is 6.03 Å². The standard InChI is InChI=1S/C16H16Cl2N2O/c1-11(2)20(15-6-4-3-5-7-15)16(21)19-14-9-12(17)8-13(18)10-14/h3-11H,1-2H3,(H,19,21). The zero-order chi connectivity index (χ0) is 15.4. The number of hydrogen-bond donors (Lipinski definition) is 1. The van der Waals surface area contributed by atoms with Crippen LogP contribution in [0.1, 0.15) is 13.8 Å². The lowest BCUT2D eigenvalue weighted by Crippen LogP contribution is -2.40. The predicted octanol–water partition coefficient (Wildman–Crippen LogP) is 5.44. The third kappa shape index (κ3) is 4.13. The van der Waals surface area contributed by atoms with Crippen molar-refractivity contribution in [3.63, 3.8) is 0 Å². The molecule has 5 heteroatoms. The first kappa shape index (κ1) is 15.7. The second-order valence-corrected chi connectivity index (χ2v) is 5.76. The first-order valence-corrected chi connectivity index (χ1v) is 7.34. The predicted molar refractivity (Wildman–Crippen MR) is 89.5 cm³/mol. The molecule has 0 saturated carbocycles. The molecule has 0 spiro atoms. The minimum Gasteiger partial charge on any atom is -0.307 e. The van der Waals surface area contributed by atoms with E-state index in [0.29, 0.717) is 15.7 Å². The van der Waals surface area contributed by atoms with Gasteiger partial charge in [0.15, 0.2) is 0 Å². The van der Waals surface area contributed by atoms with E-state index in [0.717, 1.165) is 5.69 Å². The number of urea groups is 1. The first-order valence-electron chi connectivity index (χ1n) is 6.58. The van der Waals surface area contributed by atoms with Gasteiger partial charge in [-0.25, -0.2) is 4.79 Å². The third-order valence-corrected chi connectivity index (χ3v) is 3.32. The van der Waals surface area contributed by atoms with Gasteiger partial charge in [0.25, 0.3) is 0 Å². The van der Waals surface area contributed by atoms with Crippen molar-refractivity contribution in [1.82, 2.24) is 0 Å². The molecule has 0 aliphatic heterocycles. The van der Waals surface area contributed by atoms with Crippen molar-refractivity contribution in [2.75, 3.05) is 10.2 Å². The molecule has 0 aliphatic rings. The lowest BCUT2D eigenvalue weighted by Gasteiger charge is -2.27. The normalized spacial score (nSPS) is 10.5. The van der Waals surface area contributed by atoms with Gasteiger partial charge < -0.3 is 5.32 Å². The van der Waals surface area contributed by atoms with Crippen molar-refractivity contribution >= 4 is 40.6 Å². The van der Waals surface area contributed by atoms with Crippen LogP contribution in [0.15, 0.2) is 48.5 Å². The van der Waals surface area contributed by atoms with Crippen molar-refractivity contribution in [2.45, 2.75) is 19.9 Å². The number of carbonyl (C=O) groups is 1. The molecule has 2 aromatic carbocycles. The van der Waals surface area contributed by atoms with E-state index in [4.69, 9.17) is 23.2 Å². The fourth-order valence-electron chi connectivity index (χ4n) is 2.05. The van der Waals surface area contributed by atoms with E-state index in [1.165, 1.54) is 0 Å². The van der Waals surface area contributed by atoms with Crippen molar-refractivity contribution < 1.29 is 4.79 Å². The largest absolute Gasteiger partial charge is 0.326 e. The van der Waals surface area contributed by atoms with Crippen LogP contribution in [0.25, 0.3) is 0 Å². The maximum atomic E-state index is 12.5. The molecule has 0 unspecified atom stereocenters.